The summed E-state index contributed by atoms with van der Waals surface area (Å²) in [6.45, 7) is 11.3. The second kappa shape index (κ2) is 16.3. The molecule has 0 spiro atoms. The van der Waals surface area contributed by atoms with Gasteiger partial charge in [-0.25, -0.2) is 9.78 Å². The van der Waals surface area contributed by atoms with Gasteiger partial charge in [0.1, 0.15) is 29.8 Å². The monoisotopic (exact) mass is 627 g/mol. The summed E-state index contributed by atoms with van der Waals surface area (Å²) in [6, 6.07) is 0. The van der Waals surface area contributed by atoms with Crippen LogP contribution in [0.2, 0.25) is 0 Å². The minimum atomic E-state index is -0.967. The lowest BCUT2D eigenvalue weighted by molar-refractivity contribution is -0.150. The van der Waals surface area contributed by atoms with Gasteiger partial charge in [0.05, 0.1) is 18.3 Å². The van der Waals surface area contributed by atoms with Crippen LogP contribution in [-0.4, -0.2) is 75.5 Å². The van der Waals surface area contributed by atoms with Crippen LogP contribution in [0.1, 0.15) is 71.9 Å². The fraction of sp³-hybridized carbons (Fsp3) is 0.571. The van der Waals surface area contributed by atoms with Gasteiger partial charge in [-0.15, -0.1) is 0 Å². The number of carboxylic acids is 1. The van der Waals surface area contributed by atoms with Crippen LogP contribution in [0.15, 0.2) is 64.4 Å². The number of nitrogens with zero attached hydrogens (tertiary/aromatic N) is 1. The first kappa shape index (κ1) is 36.2. The van der Waals surface area contributed by atoms with Crippen molar-refractivity contribution in [3.05, 3.63) is 71.5 Å². The van der Waals surface area contributed by atoms with Gasteiger partial charge < -0.3 is 33.9 Å². The third-order valence-electron chi connectivity index (χ3n) is 8.73. The molecular weight excluding hydrogens is 578 g/mol. The van der Waals surface area contributed by atoms with Crippen molar-refractivity contribution in [2.24, 2.45) is 17.8 Å². The molecular formula is C35H49NO9. The standard InChI is InChI=1S/C35H49NO9/c1-21(16-27-20-43-25(5)36-27)10-8-11-23(3)34(42-7)24(4)29-19-30(38)35(6)31(45-35)15-14-22(2)28(37)17-26(18-32(39)40)12-9-13-33(41)44-29/h8-11,13-16,20,22,24,26,28-31,34,37-38H,12,17-19H2,1-7H3,(H,39,40)/b10-8+,13-9+,15-14+,21-16+,23-11+/t22-,24+,26-,28?,29+,30+,31-,34+,35-/m1/s1. The molecule has 0 aromatic carbocycles. The Morgan fingerprint density at radius 2 is 1.98 bits per heavy atom. The van der Waals surface area contributed by atoms with Crippen LogP contribution in [0.25, 0.3) is 6.08 Å². The van der Waals surface area contributed by atoms with Gasteiger partial charge in [-0.2, -0.15) is 0 Å². The average Bonchev–Trinajstić information content (AvgIpc) is 3.47. The zero-order valence-electron chi connectivity index (χ0n) is 27.4. The van der Waals surface area contributed by atoms with Crippen LogP contribution >= 0.6 is 0 Å². The van der Waals surface area contributed by atoms with E-state index in [1.807, 2.05) is 71.1 Å². The molecule has 1 unspecified atom stereocenters. The topological polar surface area (TPSA) is 152 Å². The summed E-state index contributed by atoms with van der Waals surface area (Å²) < 4.78 is 22.9. The summed E-state index contributed by atoms with van der Waals surface area (Å²) in [4.78, 5) is 28.8. The van der Waals surface area contributed by atoms with Crippen molar-refractivity contribution in [1.29, 1.82) is 0 Å². The summed E-state index contributed by atoms with van der Waals surface area (Å²) >= 11 is 0. The molecule has 3 heterocycles. The van der Waals surface area contributed by atoms with Crippen LogP contribution < -0.4 is 0 Å². The zero-order valence-corrected chi connectivity index (χ0v) is 27.4. The Morgan fingerprint density at radius 3 is 2.62 bits per heavy atom. The number of aryl methyl sites for hydroxylation is 1. The molecule has 0 amide bonds. The molecule has 3 N–H and O–H groups in total. The number of carbonyl (C=O) groups is 2. The van der Waals surface area contributed by atoms with E-state index >= 15 is 0 Å². The first-order chi connectivity index (χ1) is 21.2. The molecule has 9 atom stereocenters. The molecule has 1 aromatic heterocycles. The summed E-state index contributed by atoms with van der Waals surface area (Å²) in [5, 5.41) is 31.4. The van der Waals surface area contributed by atoms with Crippen LogP contribution in [0.4, 0.5) is 0 Å². The van der Waals surface area contributed by atoms with Gasteiger partial charge in [0, 0.05) is 44.8 Å². The largest absolute Gasteiger partial charge is 0.481 e. The second-order valence-corrected chi connectivity index (χ2v) is 12.6. The Kier molecular flexibility index (Phi) is 13.1. The third-order valence-corrected chi connectivity index (χ3v) is 8.73. The number of aliphatic hydroxyl groups is 2. The lowest BCUT2D eigenvalue weighted by Crippen LogP contribution is -2.41. The highest BCUT2D eigenvalue weighted by molar-refractivity contribution is 5.82. The first-order valence-corrected chi connectivity index (χ1v) is 15.5. The maximum Gasteiger partial charge on any atom is 0.330 e. The predicted molar refractivity (Wildman–Crippen MR) is 170 cm³/mol. The number of methoxy groups -OCH3 is 1. The number of aliphatic carboxylic acids is 1. The van der Waals surface area contributed by atoms with E-state index in [4.69, 9.17) is 18.6 Å². The SMILES string of the molecule is CO[C@@H](/C(C)=C/C=C/C(C)=C/c1coc(C)n1)[C@@H](C)[C@@H]1C[C@H](O)[C@@]2(C)O[C@@H]2/C=C/[C@@H](C)C(O)C[C@H](CC(=O)O)C/C=C/C(=O)O1. The van der Waals surface area contributed by atoms with Crippen LogP contribution in [0.3, 0.4) is 0 Å². The van der Waals surface area contributed by atoms with Gasteiger partial charge in [-0.1, -0.05) is 50.3 Å². The number of carbonyl (C=O) groups excluding carboxylic acids is 1. The highest BCUT2D eigenvalue weighted by Gasteiger charge is 2.56. The van der Waals surface area contributed by atoms with E-state index in [2.05, 4.69) is 4.98 Å². The number of esters is 1. The van der Waals surface area contributed by atoms with Crippen LogP contribution in [-0.2, 0) is 23.8 Å². The number of rotatable bonds is 9. The Balaban J connectivity index is 1.82. The number of ether oxygens (including phenoxy) is 3. The summed E-state index contributed by atoms with van der Waals surface area (Å²) in [5.41, 5.74) is 1.74. The van der Waals surface area contributed by atoms with Gasteiger partial charge in [0.2, 0.25) is 0 Å². The number of epoxide rings is 1. The van der Waals surface area contributed by atoms with Crippen molar-refractivity contribution >= 4 is 18.0 Å². The predicted octanol–water partition coefficient (Wildman–Crippen LogP) is 5.35. The molecule has 3 rings (SSSR count). The second-order valence-electron chi connectivity index (χ2n) is 12.6. The summed E-state index contributed by atoms with van der Waals surface area (Å²) in [5.74, 6) is -1.92. The number of allylic oxidation sites excluding steroid dienone is 5. The van der Waals surface area contributed by atoms with E-state index in [1.54, 1.807) is 26.4 Å². The third kappa shape index (κ3) is 10.6. The first-order valence-electron chi connectivity index (χ1n) is 15.5. The Labute approximate surface area is 266 Å². The number of aromatic nitrogens is 1. The fourth-order valence-electron chi connectivity index (χ4n) is 5.76. The van der Waals surface area contributed by atoms with Crippen LogP contribution in [0.5, 0.6) is 0 Å². The number of oxazole rings is 1. The van der Waals surface area contributed by atoms with Crippen molar-refractivity contribution in [2.75, 3.05) is 7.11 Å². The Bertz CT molecular complexity index is 1310. The van der Waals surface area contributed by atoms with Crippen molar-refractivity contribution in [1.82, 2.24) is 4.98 Å². The normalized spacial score (nSPS) is 33.2. The minimum absolute atomic E-state index is 0.114. The minimum Gasteiger partial charge on any atom is -0.481 e. The van der Waals surface area contributed by atoms with E-state index in [0.717, 1.165) is 16.8 Å². The van der Waals surface area contributed by atoms with Gasteiger partial charge in [0.15, 0.2) is 5.89 Å². The molecule has 0 radical (unpaired) electrons. The van der Waals surface area contributed by atoms with E-state index in [9.17, 15) is 24.9 Å². The number of hydrogen-bond donors (Lipinski definition) is 3. The lowest BCUT2D eigenvalue weighted by Gasteiger charge is -2.32. The Morgan fingerprint density at radius 1 is 1.24 bits per heavy atom. The summed E-state index contributed by atoms with van der Waals surface area (Å²) in [6.07, 6.45) is 13.2. The molecule has 1 saturated heterocycles. The number of cyclic esters (lactones) is 1. The van der Waals surface area contributed by atoms with Crippen molar-refractivity contribution < 1.29 is 43.5 Å². The molecule has 10 heteroatoms. The van der Waals surface area contributed by atoms with Gasteiger partial charge in [0.25, 0.3) is 0 Å². The highest BCUT2D eigenvalue weighted by Crippen LogP contribution is 2.43. The Hall–Kier alpha value is -3.31. The molecule has 0 bridgehead atoms. The van der Waals surface area contributed by atoms with E-state index in [-0.39, 0.29) is 43.1 Å². The molecule has 0 saturated carbocycles. The molecule has 45 heavy (non-hydrogen) atoms. The molecule has 1 aromatic rings. The van der Waals surface area contributed by atoms with E-state index in [1.165, 1.54) is 6.08 Å². The molecule has 248 valence electrons. The van der Waals surface area contributed by atoms with E-state index < -0.39 is 42.0 Å². The van der Waals surface area contributed by atoms with E-state index in [0.29, 0.717) is 12.3 Å². The van der Waals surface area contributed by atoms with Crippen molar-refractivity contribution in [2.45, 2.75) is 103 Å². The average molecular weight is 628 g/mol. The van der Waals surface area contributed by atoms with Gasteiger partial charge in [-0.05, 0) is 56.8 Å². The number of carboxylic acid groups (broad SMARTS) is 1. The van der Waals surface area contributed by atoms with Crippen molar-refractivity contribution in [3.63, 3.8) is 0 Å². The van der Waals surface area contributed by atoms with Gasteiger partial charge in [-0.3, -0.25) is 4.79 Å². The van der Waals surface area contributed by atoms with Crippen molar-refractivity contribution in [3.8, 4) is 0 Å². The quantitative estimate of drug-likeness (QED) is 0.141. The summed E-state index contributed by atoms with van der Waals surface area (Å²) in [7, 11) is 1.60. The number of hydrogen-bond acceptors (Lipinski definition) is 9. The highest BCUT2D eigenvalue weighted by atomic mass is 16.6. The lowest BCUT2D eigenvalue weighted by atomic mass is 9.85. The van der Waals surface area contributed by atoms with Crippen LogP contribution in [0, 0.1) is 24.7 Å². The van der Waals surface area contributed by atoms with Gasteiger partial charge >= 0.3 is 11.9 Å². The molecule has 1 fully saturated rings. The maximum atomic E-state index is 13.0. The molecule has 2 aliphatic rings. The maximum absolute atomic E-state index is 13.0. The molecule has 0 aliphatic carbocycles. The zero-order chi connectivity index (χ0) is 33.3. The molecule has 10 nitrogen and oxygen atoms in total. The fourth-order valence-corrected chi connectivity index (χ4v) is 5.76. The number of fused-ring (bicyclic) bond motifs is 1. The number of aliphatic hydroxyl groups excluding tert-OH is 2. The smallest absolute Gasteiger partial charge is 0.330 e. The molecule has 2 aliphatic heterocycles.